The molecule has 1 aromatic rings. The number of rotatable bonds is 3. The van der Waals surface area contributed by atoms with Crippen molar-refractivity contribution in [1.82, 2.24) is 4.98 Å². The average Bonchev–Trinajstić information content (AvgIpc) is 2.31. The standard InChI is InChI=1S/C7H12N2S/c1-6-9-5-7(10-6)3-2-4-8/h5H,2-4,8H2,1H3. The van der Waals surface area contributed by atoms with Crippen molar-refractivity contribution in [3.63, 3.8) is 0 Å². The minimum atomic E-state index is 0.775. The molecule has 1 aromatic heterocycles. The Labute approximate surface area is 65.1 Å². The Kier molecular flexibility index (Phi) is 2.83. The molecule has 0 aliphatic carbocycles. The molecule has 2 nitrogen and oxygen atoms in total. The molecule has 0 spiro atoms. The van der Waals surface area contributed by atoms with Crippen molar-refractivity contribution < 1.29 is 0 Å². The summed E-state index contributed by atoms with van der Waals surface area (Å²) in [5.74, 6) is 0. The molecule has 0 radical (unpaired) electrons. The quantitative estimate of drug-likeness (QED) is 0.717. The number of nitrogens with two attached hydrogens (primary N) is 1. The largest absolute Gasteiger partial charge is 0.330 e. The monoisotopic (exact) mass is 156 g/mol. The van der Waals surface area contributed by atoms with Gasteiger partial charge in [-0.2, -0.15) is 0 Å². The second-order valence-corrected chi connectivity index (χ2v) is 3.56. The maximum absolute atomic E-state index is 5.37. The van der Waals surface area contributed by atoms with Gasteiger partial charge in [0.25, 0.3) is 0 Å². The van der Waals surface area contributed by atoms with Gasteiger partial charge in [0.15, 0.2) is 0 Å². The predicted octanol–water partition coefficient (Wildman–Crippen LogP) is 1.34. The summed E-state index contributed by atoms with van der Waals surface area (Å²) in [7, 11) is 0. The molecule has 0 aliphatic heterocycles. The van der Waals surface area contributed by atoms with Crippen LogP contribution in [0.1, 0.15) is 16.3 Å². The molecule has 0 bridgehead atoms. The highest BCUT2D eigenvalue weighted by molar-refractivity contribution is 7.11. The maximum atomic E-state index is 5.37. The lowest BCUT2D eigenvalue weighted by Crippen LogP contribution is -1.99. The number of aryl methyl sites for hydroxylation is 2. The highest BCUT2D eigenvalue weighted by Gasteiger charge is 1.95. The number of hydrogen-bond donors (Lipinski definition) is 1. The van der Waals surface area contributed by atoms with E-state index in [0.29, 0.717) is 0 Å². The van der Waals surface area contributed by atoms with E-state index >= 15 is 0 Å². The summed E-state index contributed by atoms with van der Waals surface area (Å²) in [6, 6.07) is 0. The van der Waals surface area contributed by atoms with E-state index in [9.17, 15) is 0 Å². The smallest absolute Gasteiger partial charge is 0.0896 e. The van der Waals surface area contributed by atoms with Crippen molar-refractivity contribution in [2.45, 2.75) is 19.8 Å². The Morgan fingerprint density at radius 3 is 3.00 bits per heavy atom. The summed E-state index contributed by atoms with van der Waals surface area (Å²) in [5, 5.41) is 1.15. The molecule has 0 atom stereocenters. The summed E-state index contributed by atoms with van der Waals surface area (Å²) < 4.78 is 0. The van der Waals surface area contributed by atoms with Gasteiger partial charge in [-0.1, -0.05) is 0 Å². The summed E-state index contributed by atoms with van der Waals surface area (Å²) in [5.41, 5.74) is 5.37. The van der Waals surface area contributed by atoms with Crippen molar-refractivity contribution in [3.05, 3.63) is 16.1 Å². The van der Waals surface area contributed by atoms with Crippen LogP contribution in [-0.2, 0) is 6.42 Å². The highest BCUT2D eigenvalue weighted by atomic mass is 32.1. The minimum Gasteiger partial charge on any atom is -0.330 e. The number of aromatic nitrogens is 1. The van der Waals surface area contributed by atoms with E-state index in [0.717, 1.165) is 24.4 Å². The van der Waals surface area contributed by atoms with Crippen LogP contribution in [-0.4, -0.2) is 11.5 Å². The van der Waals surface area contributed by atoms with Crippen LogP contribution >= 0.6 is 11.3 Å². The van der Waals surface area contributed by atoms with Crippen molar-refractivity contribution in [3.8, 4) is 0 Å². The molecule has 0 aliphatic rings. The third-order valence-electron chi connectivity index (χ3n) is 1.30. The van der Waals surface area contributed by atoms with Crippen LogP contribution in [0, 0.1) is 6.92 Å². The zero-order chi connectivity index (χ0) is 7.40. The molecule has 0 saturated carbocycles. The van der Waals surface area contributed by atoms with Gasteiger partial charge in [0, 0.05) is 11.1 Å². The van der Waals surface area contributed by atoms with Crippen LogP contribution in [0.5, 0.6) is 0 Å². The van der Waals surface area contributed by atoms with Gasteiger partial charge in [0.05, 0.1) is 5.01 Å². The molecule has 0 amide bonds. The van der Waals surface area contributed by atoms with Crippen LogP contribution in [0.3, 0.4) is 0 Å². The first-order valence-corrected chi connectivity index (χ1v) is 4.26. The highest BCUT2D eigenvalue weighted by Crippen LogP contribution is 2.12. The third kappa shape index (κ3) is 2.08. The summed E-state index contributed by atoms with van der Waals surface area (Å²) >= 11 is 1.76. The van der Waals surface area contributed by atoms with E-state index in [-0.39, 0.29) is 0 Å². The fourth-order valence-corrected chi connectivity index (χ4v) is 1.63. The Balaban J connectivity index is 2.42. The molecular weight excluding hydrogens is 144 g/mol. The van der Waals surface area contributed by atoms with Crippen LogP contribution in [0.25, 0.3) is 0 Å². The number of thiazole rings is 1. The van der Waals surface area contributed by atoms with Gasteiger partial charge in [-0.05, 0) is 26.3 Å². The lowest BCUT2D eigenvalue weighted by molar-refractivity contribution is 0.841. The molecule has 2 N–H and O–H groups in total. The second kappa shape index (κ2) is 3.68. The number of nitrogens with zero attached hydrogens (tertiary/aromatic N) is 1. The van der Waals surface area contributed by atoms with Gasteiger partial charge in [0.2, 0.25) is 0 Å². The van der Waals surface area contributed by atoms with E-state index in [1.165, 1.54) is 4.88 Å². The van der Waals surface area contributed by atoms with E-state index in [1.807, 2.05) is 13.1 Å². The van der Waals surface area contributed by atoms with Gasteiger partial charge in [-0.15, -0.1) is 11.3 Å². The first-order valence-electron chi connectivity index (χ1n) is 3.44. The maximum Gasteiger partial charge on any atom is 0.0896 e. The fourth-order valence-electron chi connectivity index (χ4n) is 0.797. The molecule has 1 rings (SSSR count). The Hall–Kier alpha value is -0.410. The van der Waals surface area contributed by atoms with Crippen LogP contribution in [0.4, 0.5) is 0 Å². The Morgan fingerprint density at radius 1 is 1.70 bits per heavy atom. The second-order valence-electron chi connectivity index (χ2n) is 2.24. The van der Waals surface area contributed by atoms with Crippen LogP contribution < -0.4 is 5.73 Å². The third-order valence-corrected chi connectivity index (χ3v) is 2.27. The SMILES string of the molecule is Cc1ncc(CCCN)s1. The summed E-state index contributed by atoms with van der Waals surface area (Å²) in [4.78, 5) is 5.50. The summed E-state index contributed by atoms with van der Waals surface area (Å²) in [6.07, 6.45) is 4.10. The molecule has 0 unspecified atom stereocenters. The lowest BCUT2D eigenvalue weighted by Gasteiger charge is -1.90. The van der Waals surface area contributed by atoms with Gasteiger partial charge in [-0.25, -0.2) is 4.98 Å². The number of hydrogen-bond acceptors (Lipinski definition) is 3. The van der Waals surface area contributed by atoms with Crippen molar-refractivity contribution in [1.29, 1.82) is 0 Å². The van der Waals surface area contributed by atoms with Crippen LogP contribution in [0.2, 0.25) is 0 Å². The van der Waals surface area contributed by atoms with Crippen LogP contribution in [0.15, 0.2) is 6.20 Å². The zero-order valence-electron chi connectivity index (χ0n) is 6.13. The van der Waals surface area contributed by atoms with E-state index in [4.69, 9.17) is 5.73 Å². The first kappa shape index (κ1) is 7.69. The molecule has 0 aromatic carbocycles. The molecular formula is C7H12N2S. The Bertz CT molecular complexity index is 195. The van der Waals surface area contributed by atoms with Crippen molar-refractivity contribution in [2.24, 2.45) is 5.73 Å². The molecule has 56 valence electrons. The van der Waals surface area contributed by atoms with Gasteiger partial charge >= 0.3 is 0 Å². The molecule has 10 heavy (non-hydrogen) atoms. The zero-order valence-corrected chi connectivity index (χ0v) is 6.95. The predicted molar refractivity (Wildman–Crippen MR) is 44.2 cm³/mol. The Morgan fingerprint density at radius 2 is 2.50 bits per heavy atom. The average molecular weight is 156 g/mol. The topological polar surface area (TPSA) is 38.9 Å². The summed E-state index contributed by atoms with van der Waals surface area (Å²) in [6.45, 7) is 2.80. The fraction of sp³-hybridized carbons (Fsp3) is 0.571. The van der Waals surface area contributed by atoms with E-state index < -0.39 is 0 Å². The molecule has 0 fully saturated rings. The van der Waals surface area contributed by atoms with E-state index in [2.05, 4.69) is 4.98 Å². The minimum absolute atomic E-state index is 0.775. The van der Waals surface area contributed by atoms with Crippen molar-refractivity contribution >= 4 is 11.3 Å². The first-order chi connectivity index (χ1) is 4.83. The molecule has 3 heteroatoms. The van der Waals surface area contributed by atoms with Gasteiger partial charge in [-0.3, -0.25) is 0 Å². The lowest BCUT2D eigenvalue weighted by atomic mass is 10.3. The normalized spacial score (nSPS) is 10.2. The van der Waals surface area contributed by atoms with Gasteiger partial charge < -0.3 is 5.73 Å². The van der Waals surface area contributed by atoms with E-state index in [1.54, 1.807) is 11.3 Å². The molecule has 0 saturated heterocycles. The van der Waals surface area contributed by atoms with Crippen molar-refractivity contribution in [2.75, 3.05) is 6.54 Å². The molecule has 1 heterocycles. The van der Waals surface area contributed by atoms with Gasteiger partial charge in [0.1, 0.15) is 0 Å².